The Bertz CT molecular complexity index is 1330. The first-order valence-corrected chi connectivity index (χ1v) is 13.2. The number of hydrogen-bond acceptors (Lipinski definition) is 5. The van der Waals surface area contributed by atoms with Gasteiger partial charge in [-0.3, -0.25) is 14.1 Å². The molecule has 1 fully saturated rings. The Morgan fingerprint density at radius 3 is 2.53 bits per heavy atom. The van der Waals surface area contributed by atoms with E-state index >= 15 is 0 Å². The van der Waals surface area contributed by atoms with Crippen molar-refractivity contribution in [3.8, 4) is 22.6 Å². The largest absolute Gasteiger partial charge is 0.328 e. The van der Waals surface area contributed by atoms with Crippen molar-refractivity contribution in [2.24, 2.45) is 5.92 Å². The highest BCUT2D eigenvalue weighted by atomic mass is 16.1. The van der Waals surface area contributed by atoms with E-state index in [2.05, 4.69) is 40.5 Å². The molecule has 1 aromatic carbocycles. The first-order valence-electron chi connectivity index (χ1n) is 13.2. The Labute approximate surface area is 211 Å². The number of pyridine rings is 1. The van der Waals surface area contributed by atoms with Gasteiger partial charge in [-0.25, -0.2) is 9.89 Å². The molecule has 0 saturated heterocycles. The number of benzene rings is 1. The number of nitrogens with zero attached hydrogens (tertiary/aromatic N) is 6. The predicted octanol–water partition coefficient (Wildman–Crippen LogP) is 5.17. The standard InChI is InChI=1S/C28H35N7O/c1-3-9-26-20(2)34(17-16-21-10-5-4-6-11-21)28(36)35(26)19-22-14-15-25(29-18-22)23-12-7-8-13-24(23)27-30-32-33-31-27/h7-8,12-15,18,21H,3-6,9-11,16-17,19H2,1-2H3,(H,30,31,32,33). The Morgan fingerprint density at radius 2 is 1.83 bits per heavy atom. The van der Waals surface area contributed by atoms with Crippen LogP contribution in [-0.2, 0) is 19.5 Å². The van der Waals surface area contributed by atoms with Crippen LogP contribution < -0.4 is 5.69 Å². The summed E-state index contributed by atoms with van der Waals surface area (Å²) in [5, 5.41) is 14.3. The zero-order chi connectivity index (χ0) is 24.9. The number of nitrogens with one attached hydrogen (secondary N) is 1. The molecule has 5 rings (SSSR count). The van der Waals surface area contributed by atoms with Gasteiger partial charge >= 0.3 is 5.69 Å². The predicted molar refractivity (Wildman–Crippen MR) is 141 cm³/mol. The highest BCUT2D eigenvalue weighted by Crippen LogP contribution is 2.29. The van der Waals surface area contributed by atoms with Crippen LogP contribution in [0.15, 0.2) is 47.4 Å². The van der Waals surface area contributed by atoms with Crippen LogP contribution in [0.25, 0.3) is 22.6 Å². The highest BCUT2D eigenvalue weighted by Gasteiger charge is 2.19. The second-order valence-corrected chi connectivity index (χ2v) is 9.94. The monoisotopic (exact) mass is 485 g/mol. The quantitative estimate of drug-likeness (QED) is 0.353. The summed E-state index contributed by atoms with van der Waals surface area (Å²) in [6, 6.07) is 12.0. The average molecular weight is 486 g/mol. The molecule has 36 heavy (non-hydrogen) atoms. The number of rotatable bonds is 9. The summed E-state index contributed by atoms with van der Waals surface area (Å²) in [4.78, 5) is 18.3. The first-order chi connectivity index (χ1) is 17.7. The molecule has 1 aliphatic carbocycles. The van der Waals surface area contributed by atoms with E-state index in [0.717, 1.165) is 65.5 Å². The third-order valence-corrected chi connectivity index (χ3v) is 7.55. The molecular formula is C28H35N7O. The number of imidazole rings is 1. The summed E-state index contributed by atoms with van der Waals surface area (Å²) < 4.78 is 3.98. The van der Waals surface area contributed by atoms with Crippen LogP contribution in [0, 0.1) is 12.8 Å². The van der Waals surface area contributed by atoms with Gasteiger partial charge in [0.15, 0.2) is 5.82 Å². The molecule has 1 aliphatic rings. The van der Waals surface area contributed by atoms with Gasteiger partial charge in [0.2, 0.25) is 0 Å². The van der Waals surface area contributed by atoms with E-state index in [1.807, 2.05) is 45.7 Å². The first kappa shape index (κ1) is 24.2. The van der Waals surface area contributed by atoms with E-state index < -0.39 is 0 Å². The number of H-pyrrole nitrogens is 1. The Morgan fingerprint density at radius 1 is 1.03 bits per heavy atom. The maximum Gasteiger partial charge on any atom is 0.328 e. The topological polar surface area (TPSA) is 94.3 Å². The lowest BCUT2D eigenvalue weighted by Crippen LogP contribution is -2.27. The number of hydrogen-bond donors (Lipinski definition) is 1. The van der Waals surface area contributed by atoms with Crippen molar-refractivity contribution in [2.75, 3.05) is 0 Å². The average Bonchev–Trinajstić information content (AvgIpc) is 3.53. The molecular weight excluding hydrogens is 450 g/mol. The second kappa shape index (κ2) is 11.0. The summed E-state index contributed by atoms with van der Waals surface area (Å²) >= 11 is 0. The van der Waals surface area contributed by atoms with Gasteiger partial charge in [-0.15, -0.1) is 5.10 Å². The third kappa shape index (κ3) is 5.03. The van der Waals surface area contributed by atoms with Crippen LogP contribution >= 0.6 is 0 Å². The molecule has 8 heteroatoms. The Kier molecular flexibility index (Phi) is 7.39. The zero-order valence-electron chi connectivity index (χ0n) is 21.3. The molecule has 1 N–H and O–H groups in total. The van der Waals surface area contributed by atoms with Gasteiger partial charge in [0.25, 0.3) is 0 Å². The molecule has 0 spiro atoms. The van der Waals surface area contributed by atoms with Crippen LogP contribution in [0.1, 0.15) is 68.8 Å². The summed E-state index contributed by atoms with van der Waals surface area (Å²) in [6.45, 7) is 5.64. The van der Waals surface area contributed by atoms with E-state index in [9.17, 15) is 4.79 Å². The van der Waals surface area contributed by atoms with Crippen LogP contribution in [0.3, 0.4) is 0 Å². The van der Waals surface area contributed by atoms with Gasteiger partial charge in [-0.05, 0) is 47.7 Å². The van der Waals surface area contributed by atoms with Gasteiger partial charge in [-0.2, -0.15) is 0 Å². The van der Waals surface area contributed by atoms with Gasteiger partial charge in [0.05, 0.1) is 12.2 Å². The fraction of sp³-hybridized carbons (Fsp3) is 0.464. The second-order valence-electron chi connectivity index (χ2n) is 9.94. The van der Waals surface area contributed by atoms with Crippen molar-refractivity contribution in [1.29, 1.82) is 0 Å². The minimum absolute atomic E-state index is 0.110. The molecule has 0 amide bonds. The van der Waals surface area contributed by atoms with E-state index in [4.69, 9.17) is 4.98 Å². The lowest BCUT2D eigenvalue weighted by molar-refractivity contribution is 0.321. The zero-order valence-corrected chi connectivity index (χ0v) is 21.3. The number of aromatic nitrogens is 7. The van der Waals surface area contributed by atoms with Gasteiger partial charge in [0.1, 0.15) is 0 Å². The summed E-state index contributed by atoms with van der Waals surface area (Å²) in [6.07, 6.45) is 11.6. The number of tetrazole rings is 1. The van der Waals surface area contributed by atoms with Crippen LogP contribution in [0.2, 0.25) is 0 Å². The fourth-order valence-corrected chi connectivity index (χ4v) is 5.57. The minimum atomic E-state index is 0.110. The van der Waals surface area contributed by atoms with E-state index in [0.29, 0.717) is 12.4 Å². The molecule has 0 unspecified atom stereocenters. The third-order valence-electron chi connectivity index (χ3n) is 7.55. The molecule has 3 heterocycles. The lowest BCUT2D eigenvalue weighted by Gasteiger charge is -2.21. The van der Waals surface area contributed by atoms with Crippen molar-refractivity contribution in [1.82, 2.24) is 34.7 Å². The Balaban J connectivity index is 1.38. The van der Waals surface area contributed by atoms with E-state index in [-0.39, 0.29) is 5.69 Å². The molecule has 8 nitrogen and oxygen atoms in total. The van der Waals surface area contributed by atoms with Crippen molar-refractivity contribution >= 4 is 0 Å². The summed E-state index contributed by atoms with van der Waals surface area (Å²) in [5.74, 6) is 1.37. The SMILES string of the molecule is CCCc1c(C)n(CCC2CCCCC2)c(=O)n1Cc1ccc(-c2ccccc2-c2nnn[nH]2)nc1. The summed E-state index contributed by atoms with van der Waals surface area (Å²) in [7, 11) is 0. The highest BCUT2D eigenvalue weighted by molar-refractivity contribution is 5.78. The minimum Gasteiger partial charge on any atom is -0.296 e. The van der Waals surface area contributed by atoms with Gasteiger partial charge in [0, 0.05) is 35.3 Å². The lowest BCUT2D eigenvalue weighted by atomic mass is 9.87. The van der Waals surface area contributed by atoms with Crippen LogP contribution in [0.4, 0.5) is 0 Å². The van der Waals surface area contributed by atoms with E-state index in [1.165, 1.54) is 32.1 Å². The van der Waals surface area contributed by atoms with Gasteiger partial charge < -0.3 is 0 Å². The Hall–Kier alpha value is -3.55. The molecule has 0 bridgehead atoms. The number of aromatic amines is 1. The van der Waals surface area contributed by atoms with E-state index in [1.54, 1.807) is 0 Å². The molecule has 188 valence electrons. The van der Waals surface area contributed by atoms with Crippen LogP contribution in [-0.4, -0.2) is 34.7 Å². The fourth-order valence-electron chi connectivity index (χ4n) is 5.57. The summed E-state index contributed by atoms with van der Waals surface area (Å²) in [5.41, 5.74) is 6.09. The normalized spacial score (nSPS) is 14.4. The molecule has 0 radical (unpaired) electrons. The van der Waals surface area contributed by atoms with Crippen LogP contribution in [0.5, 0.6) is 0 Å². The molecule has 1 saturated carbocycles. The molecule has 0 aliphatic heterocycles. The smallest absolute Gasteiger partial charge is 0.296 e. The molecule has 4 aromatic rings. The van der Waals surface area contributed by atoms with Crippen molar-refractivity contribution < 1.29 is 0 Å². The van der Waals surface area contributed by atoms with Gasteiger partial charge in [-0.1, -0.05) is 75.8 Å². The van der Waals surface area contributed by atoms with Crippen molar-refractivity contribution in [2.45, 2.75) is 78.3 Å². The van der Waals surface area contributed by atoms with Crippen molar-refractivity contribution in [3.63, 3.8) is 0 Å². The molecule has 0 atom stereocenters. The molecule has 3 aromatic heterocycles. The van der Waals surface area contributed by atoms with Crippen molar-refractivity contribution in [3.05, 3.63) is 70.0 Å². The maximum atomic E-state index is 13.5. The maximum absolute atomic E-state index is 13.5.